The molecule has 3 aromatic carbocycles. The Bertz CT molecular complexity index is 1310. The van der Waals surface area contributed by atoms with Gasteiger partial charge in [0.05, 0.1) is 11.4 Å². The van der Waals surface area contributed by atoms with E-state index in [0.29, 0.717) is 17.0 Å². The monoisotopic (exact) mass is 468 g/mol. The third-order valence-corrected chi connectivity index (χ3v) is 6.51. The minimum absolute atomic E-state index is 0.0901. The number of nitrogens with zero attached hydrogens (tertiary/aromatic N) is 3. The van der Waals surface area contributed by atoms with Crippen LogP contribution in [0.15, 0.2) is 84.9 Å². The molecule has 1 aliphatic heterocycles. The van der Waals surface area contributed by atoms with Crippen molar-refractivity contribution in [3.05, 3.63) is 108 Å². The van der Waals surface area contributed by atoms with Crippen LogP contribution in [0.25, 0.3) is 16.9 Å². The van der Waals surface area contributed by atoms with E-state index < -0.39 is 0 Å². The highest BCUT2D eigenvalue weighted by Crippen LogP contribution is 2.25. The smallest absolute Gasteiger partial charge is 0.270 e. The SMILES string of the molecule is Cc1cccc(-n2nc(-c3ccccc3F)cc2C(=O)NC2CCN(Cc3ccccc3)CC2)c1. The molecule has 2 heterocycles. The predicted octanol–water partition coefficient (Wildman–Crippen LogP) is 5.38. The lowest BCUT2D eigenvalue weighted by atomic mass is 10.0. The van der Waals surface area contributed by atoms with E-state index in [9.17, 15) is 9.18 Å². The van der Waals surface area contributed by atoms with Crippen LogP contribution >= 0.6 is 0 Å². The van der Waals surface area contributed by atoms with Crippen molar-refractivity contribution >= 4 is 5.91 Å². The molecule has 0 atom stereocenters. The first-order valence-electron chi connectivity index (χ1n) is 12.1. The van der Waals surface area contributed by atoms with Crippen LogP contribution in [0, 0.1) is 12.7 Å². The molecule has 1 N–H and O–H groups in total. The van der Waals surface area contributed by atoms with E-state index in [1.165, 1.54) is 11.6 Å². The molecule has 5 rings (SSSR count). The highest BCUT2D eigenvalue weighted by molar-refractivity contribution is 5.94. The van der Waals surface area contributed by atoms with Gasteiger partial charge in [-0.2, -0.15) is 5.10 Å². The first-order valence-corrected chi connectivity index (χ1v) is 12.1. The average Bonchev–Trinajstić information content (AvgIpc) is 3.32. The molecule has 5 nitrogen and oxygen atoms in total. The Morgan fingerprint density at radius 1 is 0.971 bits per heavy atom. The minimum atomic E-state index is -0.362. The van der Waals surface area contributed by atoms with E-state index in [2.05, 4.69) is 39.6 Å². The molecule has 35 heavy (non-hydrogen) atoms. The summed E-state index contributed by atoms with van der Waals surface area (Å²) in [4.78, 5) is 15.8. The molecule has 4 aromatic rings. The van der Waals surface area contributed by atoms with Gasteiger partial charge in [-0.1, -0.05) is 54.6 Å². The maximum absolute atomic E-state index is 14.5. The topological polar surface area (TPSA) is 50.2 Å². The number of hydrogen-bond acceptors (Lipinski definition) is 3. The van der Waals surface area contributed by atoms with Crippen molar-refractivity contribution in [2.75, 3.05) is 13.1 Å². The number of benzene rings is 3. The number of aromatic nitrogens is 2. The largest absolute Gasteiger partial charge is 0.348 e. The normalized spacial score (nSPS) is 14.7. The number of aryl methyl sites for hydroxylation is 1. The van der Waals surface area contributed by atoms with Gasteiger partial charge in [0.1, 0.15) is 11.5 Å². The predicted molar refractivity (Wildman–Crippen MR) is 136 cm³/mol. The fourth-order valence-corrected chi connectivity index (χ4v) is 4.64. The maximum Gasteiger partial charge on any atom is 0.270 e. The lowest BCUT2D eigenvalue weighted by Crippen LogP contribution is -2.44. The van der Waals surface area contributed by atoms with Crippen LogP contribution in [0.2, 0.25) is 0 Å². The van der Waals surface area contributed by atoms with E-state index in [0.717, 1.165) is 43.7 Å². The summed E-state index contributed by atoms with van der Waals surface area (Å²) in [6.45, 7) is 4.77. The molecule has 1 saturated heterocycles. The highest BCUT2D eigenvalue weighted by Gasteiger charge is 2.24. The molecule has 0 radical (unpaired) electrons. The first kappa shape index (κ1) is 23.0. The molecular formula is C29H29FN4O. The number of carbonyl (C=O) groups is 1. The Morgan fingerprint density at radius 3 is 2.46 bits per heavy atom. The fourth-order valence-electron chi connectivity index (χ4n) is 4.64. The van der Waals surface area contributed by atoms with Crippen molar-refractivity contribution < 1.29 is 9.18 Å². The molecule has 0 saturated carbocycles. The second-order valence-corrected chi connectivity index (χ2v) is 9.15. The fraction of sp³-hybridized carbons (Fsp3) is 0.241. The number of carbonyl (C=O) groups excluding carboxylic acids is 1. The number of nitrogens with one attached hydrogen (secondary N) is 1. The van der Waals surface area contributed by atoms with Crippen LogP contribution in [0.1, 0.15) is 34.5 Å². The lowest BCUT2D eigenvalue weighted by molar-refractivity contribution is 0.0901. The summed E-state index contributed by atoms with van der Waals surface area (Å²) >= 11 is 0. The van der Waals surface area contributed by atoms with Crippen molar-refractivity contribution in [3.8, 4) is 16.9 Å². The second-order valence-electron chi connectivity index (χ2n) is 9.15. The Hall–Kier alpha value is -3.77. The number of likely N-dealkylation sites (tertiary alicyclic amines) is 1. The van der Waals surface area contributed by atoms with E-state index in [-0.39, 0.29) is 17.8 Å². The number of hydrogen-bond donors (Lipinski definition) is 1. The van der Waals surface area contributed by atoms with Gasteiger partial charge >= 0.3 is 0 Å². The Morgan fingerprint density at radius 2 is 1.71 bits per heavy atom. The van der Waals surface area contributed by atoms with Crippen LogP contribution in [-0.2, 0) is 6.54 Å². The van der Waals surface area contributed by atoms with Crippen LogP contribution in [0.3, 0.4) is 0 Å². The number of halogens is 1. The average molecular weight is 469 g/mol. The number of amides is 1. The molecule has 1 aliphatic rings. The van der Waals surface area contributed by atoms with Crippen molar-refractivity contribution in [1.82, 2.24) is 20.0 Å². The van der Waals surface area contributed by atoms with Crippen molar-refractivity contribution in [3.63, 3.8) is 0 Å². The molecule has 0 spiro atoms. The summed E-state index contributed by atoms with van der Waals surface area (Å²) in [6.07, 6.45) is 1.77. The van der Waals surface area contributed by atoms with Crippen LogP contribution in [0.5, 0.6) is 0 Å². The number of piperidine rings is 1. The molecule has 1 fully saturated rings. The van der Waals surface area contributed by atoms with E-state index in [4.69, 9.17) is 0 Å². The van der Waals surface area contributed by atoms with Gasteiger partial charge in [0.25, 0.3) is 5.91 Å². The standard InChI is InChI=1S/C29H29FN4O/c1-21-8-7-11-24(18-21)34-28(19-27(32-34)25-12-5-6-13-26(25)30)29(35)31-23-14-16-33(17-15-23)20-22-9-3-2-4-10-22/h2-13,18-19,23H,14-17,20H2,1H3,(H,31,35). The van der Waals surface area contributed by atoms with Gasteiger partial charge in [-0.25, -0.2) is 9.07 Å². The quantitative estimate of drug-likeness (QED) is 0.413. The van der Waals surface area contributed by atoms with Gasteiger partial charge in [0.2, 0.25) is 0 Å². The molecule has 0 bridgehead atoms. The Balaban J connectivity index is 1.34. The molecule has 6 heteroatoms. The third-order valence-electron chi connectivity index (χ3n) is 6.51. The number of rotatable bonds is 6. The van der Waals surface area contributed by atoms with Crippen LogP contribution in [-0.4, -0.2) is 39.7 Å². The second kappa shape index (κ2) is 10.2. The highest BCUT2D eigenvalue weighted by atomic mass is 19.1. The lowest BCUT2D eigenvalue weighted by Gasteiger charge is -2.32. The van der Waals surface area contributed by atoms with Crippen LogP contribution < -0.4 is 5.32 Å². The summed E-state index contributed by atoms with van der Waals surface area (Å²) in [5.74, 6) is -0.553. The molecule has 0 unspecified atom stereocenters. The van der Waals surface area contributed by atoms with Gasteiger partial charge in [0.15, 0.2) is 0 Å². The molecule has 1 amide bonds. The van der Waals surface area contributed by atoms with E-state index in [1.807, 2.05) is 37.3 Å². The third kappa shape index (κ3) is 5.33. The first-order chi connectivity index (χ1) is 17.1. The Labute approximate surface area is 205 Å². The van der Waals surface area contributed by atoms with E-state index >= 15 is 0 Å². The maximum atomic E-state index is 14.5. The zero-order valence-electron chi connectivity index (χ0n) is 19.8. The summed E-state index contributed by atoms with van der Waals surface area (Å²) < 4.78 is 16.1. The summed E-state index contributed by atoms with van der Waals surface area (Å²) in [5, 5.41) is 7.84. The van der Waals surface area contributed by atoms with Crippen LogP contribution in [0.4, 0.5) is 4.39 Å². The van der Waals surface area contributed by atoms with Gasteiger partial charge in [-0.3, -0.25) is 9.69 Å². The van der Waals surface area contributed by atoms with Gasteiger partial charge in [-0.15, -0.1) is 0 Å². The summed E-state index contributed by atoms with van der Waals surface area (Å²) in [6, 6.07) is 26.5. The van der Waals surface area contributed by atoms with Gasteiger partial charge in [0, 0.05) is 31.2 Å². The van der Waals surface area contributed by atoms with E-state index in [1.54, 1.807) is 28.9 Å². The summed E-state index contributed by atoms with van der Waals surface area (Å²) in [5.41, 5.74) is 4.35. The van der Waals surface area contributed by atoms with Crippen molar-refractivity contribution in [2.24, 2.45) is 0 Å². The minimum Gasteiger partial charge on any atom is -0.348 e. The molecule has 178 valence electrons. The zero-order chi connectivity index (χ0) is 24.2. The van der Waals surface area contributed by atoms with Gasteiger partial charge in [-0.05, 0) is 61.2 Å². The van der Waals surface area contributed by atoms with Crippen molar-refractivity contribution in [1.29, 1.82) is 0 Å². The summed E-state index contributed by atoms with van der Waals surface area (Å²) in [7, 11) is 0. The molecule has 1 aromatic heterocycles. The Kier molecular flexibility index (Phi) is 6.73. The van der Waals surface area contributed by atoms with Gasteiger partial charge < -0.3 is 5.32 Å². The molecular weight excluding hydrogens is 439 g/mol. The zero-order valence-corrected chi connectivity index (χ0v) is 19.8. The van der Waals surface area contributed by atoms with Crippen molar-refractivity contribution in [2.45, 2.75) is 32.4 Å². The molecule has 0 aliphatic carbocycles.